The van der Waals surface area contributed by atoms with Gasteiger partial charge in [-0.15, -0.1) is 0 Å². The molecule has 0 saturated carbocycles. The molecule has 1 aromatic carbocycles. The highest BCUT2D eigenvalue weighted by atomic mass is 14.7. The third kappa shape index (κ3) is 4.35. The number of rotatable bonds is 7. The minimum atomic E-state index is 0.0686. The van der Waals surface area contributed by atoms with Gasteiger partial charge in [0.2, 0.25) is 0 Å². The molecule has 1 heteroatoms. The SMILES string of the molecule is CCCCCCCCC1(N)CCc2ccccc2C1. The summed E-state index contributed by atoms with van der Waals surface area (Å²) in [5, 5.41) is 0. The molecule has 1 aliphatic carbocycles. The lowest BCUT2D eigenvalue weighted by molar-refractivity contribution is 0.332. The molecule has 1 unspecified atom stereocenters. The first kappa shape index (κ1) is 14.6. The second-order valence-corrected chi connectivity index (χ2v) is 6.33. The highest BCUT2D eigenvalue weighted by Crippen LogP contribution is 2.30. The quantitative estimate of drug-likeness (QED) is 0.710. The Morgan fingerprint density at radius 3 is 2.47 bits per heavy atom. The average molecular weight is 259 g/mol. The normalized spacial score (nSPS) is 22.2. The lowest BCUT2D eigenvalue weighted by Gasteiger charge is -2.35. The molecule has 0 spiro atoms. The van der Waals surface area contributed by atoms with Gasteiger partial charge in [0.25, 0.3) is 0 Å². The summed E-state index contributed by atoms with van der Waals surface area (Å²) in [5.74, 6) is 0. The van der Waals surface area contributed by atoms with Gasteiger partial charge in [0.05, 0.1) is 0 Å². The Balaban J connectivity index is 1.75. The molecule has 0 bridgehead atoms. The first-order valence-corrected chi connectivity index (χ1v) is 8.09. The number of fused-ring (bicyclic) bond motifs is 1. The third-order valence-corrected chi connectivity index (χ3v) is 4.58. The molecular weight excluding hydrogens is 230 g/mol. The van der Waals surface area contributed by atoms with E-state index in [0.29, 0.717) is 0 Å². The number of unbranched alkanes of at least 4 members (excludes halogenated alkanes) is 5. The minimum absolute atomic E-state index is 0.0686. The number of aryl methyl sites for hydroxylation is 1. The smallest absolute Gasteiger partial charge is 0.0198 e. The average Bonchev–Trinajstić information content (AvgIpc) is 2.42. The molecule has 0 aromatic heterocycles. The molecule has 2 rings (SSSR count). The van der Waals surface area contributed by atoms with E-state index in [-0.39, 0.29) is 5.54 Å². The molecule has 1 atom stereocenters. The van der Waals surface area contributed by atoms with Crippen LogP contribution >= 0.6 is 0 Å². The van der Waals surface area contributed by atoms with Crippen molar-refractivity contribution in [2.24, 2.45) is 5.73 Å². The highest BCUT2D eigenvalue weighted by molar-refractivity contribution is 5.31. The molecule has 0 fully saturated rings. The van der Waals surface area contributed by atoms with Crippen LogP contribution in [0.2, 0.25) is 0 Å². The predicted octanol–water partition coefficient (Wildman–Crippen LogP) is 4.62. The van der Waals surface area contributed by atoms with E-state index < -0.39 is 0 Å². The van der Waals surface area contributed by atoms with E-state index in [1.165, 1.54) is 68.9 Å². The topological polar surface area (TPSA) is 26.0 Å². The van der Waals surface area contributed by atoms with Crippen molar-refractivity contribution in [3.05, 3.63) is 35.4 Å². The van der Waals surface area contributed by atoms with Crippen LogP contribution in [0.15, 0.2) is 24.3 Å². The van der Waals surface area contributed by atoms with E-state index in [0.717, 1.165) is 6.42 Å². The van der Waals surface area contributed by atoms with Crippen LogP contribution in [0, 0.1) is 0 Å². The Hall–Kier alpha value is -0.820. The van der Waals surface area contributed by atoms with Crippen molar-refractivity contribution in [3.8, 4) is 0 Å². The molecule has 1 aliphatic rings. The maximum atomic E-state index is 6.61. The molecule has 0 amide bonds. The Morgan fingerprint density at radius 1 is 1.00 bits per heavy atom. The van der Waals surface area contributed by atoms with E-state index >= 15 is 0 Å². The summed E-state index contributed by atoms with van der Waals surface area (Å²) >= 11 is 0. The summed E-state index contributed by atoms with van der Waals surface area (Å²) in [6.07, 6.45) is 12.8. The number of nitrogens with two attached hydrogens (primary N) is 1. The van der Waals surface area contributed by atoms with E-state index in [1.807, 2.05) is 0 Å². The zero-order chi connectivity index (χ0) is 13.6. The van der Waals surface area contributed by atoms with Gasteiger partial charge in [-0.1, -0.05) is 69.7 Å². The lowest BCUT2D eigenvalue weighted by atomic mass is 9.76. The zero-order valence-electron chi connectivity index (χ0n) is 12.5. The van der Waals surface area contributed by atoms with Crippen LogP contribution in [0.5, 0.6) is 0 Å². The highest BCUT2D eigenvalue weighted by Gasteiger charge is 2.29. The van der Waals surface area contributed by atoms with Crippen molar-refractivity contribution in [2.75, 3.05) is 0 Å². The third-order valence-electron chi connectivity index (χ3n) is 4.58. The van der Waals surface area contributed by atoms with Crippen LogP contribution in [0.1, 0.15) is 69.4 Å². The van der Waals surface area contributed by atoms with E-state index in [9.17, 15) is 0 Å². The fraction of sp³-hybridized carbons (Fsp3) is 0.667. The molecular formula is C18H29N. The van der Waals surface area contributed by atoms with Crippen molar-refractivity contribution in [2.45, 2.75) is 76.7 Å². The van der Waals surface area contributed by atoms with Crippen molar-refractivity contribution < 1.29 is 0 Å². The number of hydrogen-bond donors (Lipinski definition) is 1. The van der Waals surface area contributed by atoms with E-state index in [4.69, 9.17) is 5.73 Å². The van der Waals surface area contributed by atoms with Crippen molar-refractivity contribution in [3.63, 3.8) is 0 Å². The van der Waals surface area contributed by atoms with Gasteiger partial charge < -0.3 is 5.73 Å². The van der Waals surface area contributed by atoms with Crippen molar-refractivity contribution in [1.29, 1.82) is 0 Å². The van der Waals surface area contributed by atoms with Gasteiger partial charge in [-0.3, -0.25) is 0 Å². The van der Waals surface area contributed by atoms with Crippen LogP contribution in [-0.4, -0.2) is 5.54 Å². The Bertz CT molecular complexity index is 385. The predicted molar refractivity (Wildman–Crippen MR) is 83.4 cm³/mol. The summed E-state index contributed by atoms with van der Waals surface area (Å²) < 4.78 is 0. The summed E-state index contributed by atoms with van der Waals surface area (Å²) in [5.41, 5.74) is 9.69. The monoisotopic (exact) mass is 259 g/mol. The molecule has 19 heavy (non-hydrogen) atoms. The molecule has 0 heterocycles. The maximum Gasteiger partial charge on any atom is 0.0198 e. The standard InChI is InChI=1S/C18H29N/c1-2-3-4-5-6-9-13-18(19)14-12-16-10-7-8-11-17(16)15-18/h7-8,10-11H,2-6,9,12-15,19H2,1H3. The Morgan fingerprint density at radius 2 is 1.68 bits per heavy atom. The summed E-state index contributed by atoms with van der Waals surface area (Å²) in [6, 6.07) is 8.82. The maximum absolute atomic E-state index is 6.61. The van der Waals surface area contributed by atoms with Gasteiger partial charge in [0, 0.05) is 5.54 Å². The van der Waals surface area contributed by atoms with Gasteiger partial charge in [0.15, 0.2) is 0 Å². The van der Waals surface area contributed by atoms with Crippen LogP contribution in [-0.2, 0) is 12.8 Å². The lowest BCUT2D eigenvalue weighted by Crippen LogP contribution is -2.45. The summed E-state index contributed by atoms with van der Waals surface area (Å²) in [4.78, 5) is 0. The van der Waals surface area contributed by atoms with Gasteiger partial charge in [0.1, 0.15) is 0 Å². The van der Waals surface area contributed by atoms with E-state index in [2.05, 4.69) is 31.2 Å². The van der Waals surface area contributed by atoms with Crippen LogP contribution in [0.3, 0.4) is 0 Å². The molecule has 1 aromatic rings. The van der Waals surface area contributed by atoms with Crippen LogP contribution < -0.4 is 5.73 Å². The van der Waals surface area contributed by atoms with Crippen molar-refractivity contribution in [1.82, 2.24) is 0 Å². The second kappa shape index (κ2) is 7.09. The van der Waals surface area contributed by atoms with Crippen LogP contribution in [0.25, 0.3) is 0 Å². The Labute approximate surface area is 118 Å². The Kier molecular flexibility index (Phi) is 5.45. The fourth-order valence-corrected chi connectivity index (χ4v) is 3.30. The number of benzene rings is 1. The summed E-state index contributed by atoms with van der Waals surface area (Å²) in [7, 11) is 0. The van der Waals surface area contributed by atoms with Gasteiger partial charge in [-0.05, 0) is 36.8 Å². The molecule has 106 valence electrons. The summed E-state index contributed by atoms with van der Waals surface area (Å²) in [6.45, 7) is 2.27. The van der Waals surface area contributed by atoms with E-state index in [1.54, 1.807) is 0 Å². The minimum Gasteiger partial charge on any atom is -0.325 e. The van der Waals surface area contributed by atoms with Crippen LogP contribution in [0.4, 0.5) is 0 Å². The van der Waals surface area contributed by atoms with Gasteiger partial charge >= 0.3 is 0 Å². The largest absolute Gasteiger partial charge is 0.325 e. The molecule has 1 nitrogen and oxygen atoms in total. The first-order chi connectivity index (χ1) is 9.23. The van der Waals surface area contributed by atoms with Crippen molar-refractivity contribution >= 4 is 0 Å². The number of hydrogen-bond acceptors (Lipinski definition) is 1. The first-order valence-electron chi connectivity index (χ1n) is 8.09. The molecule has 0 saturated heterocycles. The van der Waals surface area contributed by atoms with Gasteiger partial charge in [-0.2, -0.15) is 0 Å². The molecule has 0 radical (unpaired) electrons. The zero-order valence-corrected chi connectivity index (χ0v) is 12.5. The second-order valence-electron chi connectivity index (χ2n) is 6.33. The van der Waals surface area contributed by atoms with Gasteiger partial charge in [-0.25, -0.2) is 0 Å². The fourth-order valence-electron chi connectivity index (χ4n) is 3.30. The molecule has 0 aliphatic heterocycles. The molecule has 2 N–H and O–H groups in total.